The van der Waals surface area contributed by atoms with Gasteiger partial charge in [0, 0.05) is 17.8 Å². The third-order valence-corrected chi connectivity index (χ3v) is 4.26. The summed E-state index contributed by atoms with van der Waals surface area (Å²) in [6, 6.07) is 10.3. The summed E-state index contributed by atoms with van der Waals surface area (Å²) in [5.74, 6) is 0.507. The fourth-order valence-corrected chi connectivity index (χ4v) is 2.92. The molecule has 0 saturated heterocycles. The van der Waals surface area contributed by atoms with Gasteiger partial charge in [-0.2, -0.15) is 0 Å². The monoisotopic (exact) mass is 387 g/mol. The first kappa shape index (κ1) is 19.6. The number of halogens is 1. The topological polar surface area (TPSA) is 88.7 Å². The molecule has 3 rings (SSSR count). The highest BCUT2D eigenvalue weighted by Gasteiger charge is 2.18. The Morgan fingerprint density at radius 2 is 1.79 bits per heavy atom. The Labute approximate surface area is 162 Å². The van der Waals surface area contributed by atoms with Crippen molar-refractivity contribution < 1.29 is 23.5 Å². The van der Waals surface area contributed by atoms with E-state index in [1.54, 1.807) is 30.3 Å². The zero-order chi connectivity index (χ0) is 20.1. The smallest absolute Gasteiger partial charge is 0.325 e. The average molecular weight is 387 g/mol. The van der Waals surface area contributed by atoms with Crippen LogP contribution in [-0.4, -0.2) is 25.3 Å². The van der Waals surface area contributed by atoms with Crippen molar-refractivity contribution in [2.45, 2.75) is 19.9 Å². The molecular formula is C20H22FN3O4. The van der Waals surface area contributed by atoms with Gasteiger partial charge in [0.15, 0.2) is 11.5 Å². The summed E-state index contributed by atoms with van der Waals surface area (Å²) in [6.07, 6.45) is 0. The molecular weight excluding hydrogens is 365 g/mol. The summed E-state index contributed by atoms with van der Waals surface area (Å²) in [5, 5.41) is 7.95. The summed E-state index contributed by atoms with van der Waals surface area (Å²) in [5.41, 5.74) is 1.35. The third kappa shape index (κ3) is 4.98. The number of benzene rings is 2. The molecule has 148 valence electrons. The minimum Gasteiger partial charge on any atom is -0.454 e. The predicted octanol–water partition coefficient (Wildman–Crippen LogP) is 3.19. The van der Waals surface area contributed by atoms with Crippen LogP contribution >= 0.6 is 0 Å². The molecule has 0 aliphatic carbocycles. The molecule has 0 fully saturated rings. The zero-order valence-corrected chi connectivity index (χ0v) is 15.6. The van der Waals surface area contributed by atoms with E-state index in [1.807, 2.05) is 13.8 Å². The number of ether oxygens (including phenoxy) is 2. The van der Waals surface area contributed by atoms with Gasteiger partial charge in [0.2, 0.25) is 12.7 Å². The van der Waals surface area contributed by atoms with E-state index >= 15 is 0 Å². The molecule has 0 spiro atoms. The van der Waals surface area contributed by atoms with Gasteiger partial charge in [-0.3, -0.25) is 10.1 Å². The van der Waals surface area contributed by atoms with E-state index in [2.05, 4.69) is 16.0 Å². The second-order valence-corrected chi connectivity index (χ2v) is 6.72. The van der Waals surface area contributed by atoms with Crippen LogP contribution in [0.5, 0.6) is 11.5 Å². The van der Waals surface area contributed by atoms with Gasteiger partial charge in [0.1, 0.15) is 5.82 Å². The molecule has 28 heavy (non-hydrogen) atoms. The molecule has 0 bridgehead atoms. The van der Waals surface area contributed by atoms with Crippen LogP contribution in [0, 0.1) is 11.7 Å². The van der Waals surface area contributed by atoms with Crippen molar-refractivity contribution in [2.75, 3.05) is 18.7 Å². The normalized spacial score (nSPS) is 13.3. The SMILES string of the molecule is CC(C)C(NCC(=O)NC(=O)Nc1ccc2c(c1)OCO2)c1ccc(F)cc1. The van der Waals surface area contributed by atoms with Gasteiger partial charge in [0.05, 0.1) is 6.54 Å². The molecule has 8 heteroatoms. The number of amides is 3. The maximum absolute atomic E-state index is 13.1. The Morgan fingerprint density at radius 1 is 1.07 bits per heavy atom. The van der Waals surface area contributed by atoms with Crippen molar-refractivity contribution in [3.8, 4) is 11.5 Å². The van der Waals surface area contributed by atoms with Gasteiger partial charge in [-0.15, -0.1) is 0 Å². The Hall–Kier alpha value is -3.13. The van der Waals surface area contributed by atoms with Gasteiger partial charge >= 0.3 is 6.03 Å². The van der Waals surface area contributed by atoms with E-state index in [0.29, 0.717) is 17.2 Å². The number of fused-ring (bicyclic) bond motifs is 1. The number of nitrogens with one attached hydrogen (secondary N) is 3. The van der Waals surface area contributed by atoms with Gasteiger partial charge in [-0.25, -0.2) is 9.18 Å². The largest absolute Gasteiger partial charge is 0.454 e. The lowest BCUT2D eigenvalue weighted by molar-refractivity contribution is -0.119. The van der Waals surface area contributed by atoms with Crippen molar-refractivity contribution in [1.82, 2.24) is 10.6 Å². The molecule has 0 saturated carbocycles. The number of anilines is 1. The highest BCUT2D eigenvalue weighted by molar-refractivity contribution is 6.01. The van der Waals surface area contributed by atoms with Crippen LogP contribution in [0.1, 0.15) is 25.5 Å². The van der Waals surface area contributed by atoms with E-state index in [1.165, 1.54) is 12.1 Å². The number of carbonyl (C=O) groups excluding carboxylic acids is 2. The summed E-state index contributed by atoms with van der Waals surface area (Å²) in [7, 11) is 0. The predicted molar refractivity (Wildman–Crippen MR) is 102 cm³/mol. The summed E-state index contributed by atoms with van der Waals surface area (Å²) in [4.78, 5) is 24.1. The van der Waals surface area contributed by atoms with Crippen LogP contribution in [0.3, 0.4) is 0 Å². The van der Waals surface area contributed by atoms with Crippen LogP contribution in [0.25, 0.3) is 0 Å². The second-order valence-electron chi connectivity index (χ2n) is 6.72. The van der Waals surface area contributed by atoms with E-state index < -0.39 is 11.9 Å². The highest BCUT2D eigenvalue weighted by atomic mass is 19.1. The van der Waals surface area contributed by atoms with E-state index in [-0.39, 0.29) is 31.1 Å². The fraction of sp³-hybridized carbons (Fsp3) is 0.300. The molecule has 2 aromatic carbocycles. The number of rotatable bonds is 6. The first-order valence-corrected chi connectivity index (χ1v) is 8.91. The molecule has 3 amide bonds. The Kier molecular flexibility index (Phi) is 6.10. The van der Waals surface area contributed by atoms with Gasteiger partial charge in [-0.1, -0.05) is 26.0 Å². The minimum absolute atomic E-state index is 0.0607. The molecule has 3 N–H and O–H groups in total. The first-order valence-electron chi connectivity index (χ1n) is 8.91. The number of imide groups is 1. The van der Waals surface area contributed by atoms with Crippen molar-refractivity contribution in [3.63, 3.8) is 0 Å². The molecule has 1 aliphatic rings. The maximum Gasteiger partial charge on any atom is 0.325 e. The third-order valence-electron chi connectivity index (χ3n) is 4.26. The molecule has 1 aliphatic heterocycles. The summed E-state index contributed by atoms with van der Waals surface area (Å²) >= 11 is 0. The average Bonchev–Trinajstić information content (AvgIpc) is 3.10. The minimum atomic E-state index is -0.645. The van der Waals surface area contributed by atoms with Crippen molar-refractivity contribution >= 4 is 17.6 Å². The van der Waals surface area contributed by atoms with Crippen molar-refractivity contribution in [2.24, 2.45) is 5.92 Å². The lowest BCUT2D eigenvalue weighted by atomic mass is 9.96. The lowest BCUT2D eigenvalue weighted by Gasteiger charge is -2.22. The quantitative estimate of drug-likeness (QED) is 0.708. The first-order chi connectivity index (χ1) is 13.4. The molecule has 1 heterocycles. The van der Waals surface area contributed by atoms with Crippen LogP contribution in [0.4, 0.5) is 14.9 Å². The van der Waals surface area contributed by atoms with Crippen LogP contribution in [0.15, 0.2) is 42.5 Å². The van der Waals surface area contributed by atoms with Crippen molar-refractivity contribution in [3.05, 3.63) is 53.8 Å². The van der Waals surface area contributed by atoms with E-state index in [0.717, 1.165) is 5.56 Å². The van der Waals surface area contributed by atoms with E-state index in [9.17, 15) is 14.0 Å². The van der Waals surface area contributed by atoms with Gasteiger partial charge < -0.3 is 20.1 Å². The maximum atomic E-state index is 13.1. The van der Waals surface area contributed by atoms with Gasteiger partial charge in [0.25, 0.3) is 0 Å². The van der Waals surface area contributed by atoms with Crippen LogP contribution < -0.4 is 25.4 Å². The summed E-state index contributed by atoms with van der Waals surface area (Å²) in [6.45, 7) is 4.06. The number of hydrogen-bond acceptors (Lipinski definition) is 5. The summed E-state index contributed by atoms with van der Waals surface area (Å²) < 4.78 is 23.6. The van der Waals surface area contributed by atoms with Gasteiger partial charge in [-0.05, 0) is 35.7 Å². The lowest BCUT2D eigenvalue weighted by Crippen LogP contribution is -2.41. The Morgan fingerprint density at radius 3 is 2.50 bits per heavy atom. The second kappa shape index (κ2) is 8.71. The molecule has 2 aromatic rings. The van der Waals surface area contributed by atoms with E-state index in [4.69, 9.17) is 9.47 Å². The molecule has 0 radical (unpaired) electrons. The Balaban J connectivity index is 1.51. The standard InChI is InChI=1S/C20H22FN3O4/c1-12(2)19(13-3-5-14(21)6-4-13)22-10-18(25)24-20(26)23-15-7-8-16-17(9-15)28-11-27-16/h3-9,12,19,22H,10-11H2,1-2H3,(H2,23,24,25,26). The molecule has 1 unspecified atom stereocenters. The number of urea groups is 1. The highest BCUT2D eigenvalue weighted by Crippen LogP contribution is 2.34. The zero-order valence-electron chi connectivity index (χ0n) is 15.6. The van der Waals surface area contributed by atoms with Crippen LogP contribution in [-0.2, 0) is 4.79 Å². The number of carbonyl (C=O) groups is 2. The fourth-order valence-electron chi connectivity index (χ4n) is 2.92. The molecule has 1 atom stereocenters. The molecule has 7 nitrogen and oxygen atoms in total. The number of hydrogen-bond donors (Lipinski definition) is 3. The van der Waals surface area contributed by atoms with Crippen molar-refractivity contribution in [1.29, 1.82) is 0 Å². The van der Waals surface area contributed by atoms with Crippen LogP contribution in [0.2, 0.25) is 0 Å². The Bertz CT molecular complexity index is 855. The molecule has 0 aromatic heterocycles.